The topological polar surface area (TPSA) is 38.9 Å². The highest BCUT2D eigenvalue weighted by Crippen LogP contribution is 2.44. The van der Waals surface area contributed by atoms with Gasteiger partial charge in [-0.3, -0.25) is 0 Å². The molecule has 5 aromatic rings. The van der Waals surface area contributed by atoms with Crippen molar-refractivity contribution in [2.75, 3.05) is 0 Å². The molecular weight excluding hydrogens is 380 g/mol. The molecule has 31 heavy (non-hydrogen) atoms. The second-order valence-electron chi connectivity index (χ2n) is 9.45. The van der Waals surface area contributed by atoms with Crippen molar-refractivity contribution in [2.24, 2.45) is 0 Å². The Bertz CT molecular complexity index is 1470. The summed E-state index contributed by atoms with van der Waals surface area (Å²) in [6.07, 6.45) is 3.52. The van der Waals surface area contributed by atoms with Crippen molar-refractivity contribution >= 4 is 21.9 Å². The quantitative estimate of drug-likeness (QED) is 0.299. The predicted molar refractivity (Wildman–Crippen MR) is 126 cm³/mol. The van der Waals surface area contributed by atoms with E-state index in [9.17, 15) is 0 Å². The van der Waals surface area contributed by atoms with E-state index >= 15 is 0 Å². The molecule has 3 heteroatoms. The highest BCUT2D eigenvalue weighted by molar-refractivity contribution is 6.05. The number of hydrogen-bond acceptors (Lipinski definition) is 3. The number of benzene rings is 3. The molecular formula is C28H24N2O. The van der Waals surface area contributed by atoms with Gasteiger partial charge in [0.25, 0.3) is 0 Å². The third-order valence-electron chi connectivity index (χ3n) is 6.41. The van der Waals surface area contributed by atoms with E-state index in [4.69, 9.17) is 9.40 Å². The normalized spacial score (nSPS) is 13.4. The van der Waals surface area contributed by atoms with Crippen molar-refractivity contribution in [3.05, 3.63) is 83.9 Å². The van der Waals surface area contributed by atoms with Crippen molar-refractivity contribution in [2.45, 2.75) is 39.0 Å². The molecule has 0 amide bonds. The van der Waals surface area contributed by atoms with Gasteiger partial charge < -0.3 is 4.42 Å². The van der Waals surface area contributed by atoms with Gasteiger partial charge in [0.15, 0.2) is 0 Å². The summed E-state index contributed by atoms with van der Waals surface area (Å²) in [5.41, 5.74) is 7.85. The molecule has 0 spiro atoms. The first-order valence-electron chi connectivity index (χ1n) is 10.9. The van der Waals surface area contributed by atoms with Gasteiger partial charge in [-0.05, 0) is 51.4 Å². The van der Waals surface area contributed by atoms with Gasteiger partial charge in [0, 0.05) is 17.5 Å². The first-order valence-corrected chi connectivity index (χ1v) is 10.9. The molecule has 152 valence electrons. The van der Waals surface area contributed by atoms with E-state index in [1.807, 2.05) is 0 Å². The number of rotatable bonds is 1. The smallest absolute Gasteiger partial charge is 0.230 e. The van der Waals surface area contributed by atoms with Crippen LogP contribution in [0.4, 0.5) is 0 Å². The van der Waals surface area contributed by atoms with Crippen LogP contribution in [0.25, 0.3) is 44.3 Å². The molecule has 1 aliphatic carbocycles. The van der Waals surface area contributed by atoms with Crippen LogP contribution >= 0.6 is 0 Å². The molecule has 0 saturated heterocycles. The average Bonchev–Trinajstić information content (AvgIpc) is 3.17. The zero-order chi connectivity index (χ0) is 21.2. The van der Waals surface area contributed by atoms with Crippen molar-refractivity contribution < 1.29 is 4.42 Å². The van der Waals surface area contributed by atoms with Gasteiger partial charge in [-0.1, -0.05) is 69.3 Å². The zero-order valence-electron chi connectivity index (χ0n) is 18.1. The molecule has 0 radical (unpaired) electrons. The monoisotopic (exact) mass is 404 g/mol. The molecule has 2 aromatic heterocycles. The number of fused-ring (bicyclic) bond motifs is 6. The molecule has 6 rings (SSSR count). The molecule has 0 saturated carbocycles. The summed E-state index contributed by atoms with van der Waals surface area (Å²) in [4.78, 5) is 9.29. The minimum Gasteiger partial charge on any atom is -0.442 e. The summed E-state index contributed by atoms with van der Waals surface area (Å²) in [6.45, 7) is 6.80. The summed E-state index contributed by atoms with van der Waals surface area (Å²) in [5.74, 6) is 1.02. The van der Waals surface area contributed by atoms with Crippen LogP contribution < -0.4 is 0 Å². The number of aromatic nitrogens is 2. The van der Waals surface area contributed by atoms with Crippen molar-refractivity contribution in [3.63, 3.8) is 0 Å². The predicted octanol–water partition coefficient (Wildman–Crippen LogP) is 7.11. The second kappa shape index (κ2) is 6.52. The van der Waals surface area contributed by atoms with Crippen LogP contribution in [0.15, 0.2) is 71.4 Å². The van der Waals surface area contributed by atoms with E-state index in [2.05, 4.69) is 86.4 Å². The maximum Gasteiger partial charge on any atom is 0.230 e. The largest absolute Gasteiger partial charge is 0.442 e. The molecule has 1 aliphatic rings. The lowest BCUT2D eigenvalue weighted by Crippen LogP contribution is -2.12. The van der Waals surface area contributed by atoms with Gasteiger partial charge in [-0.25, -0.2) is 9.97 Å². The third-order valence-corrected chi connectivity index (χ3v) is 6.41. The van der Waals surface area contributed by atoms with E-state index in [0.29, 0.717) is 5.71 Å². The maximum absolute atomic E-state index is 6.24. The van der Waals surface area contributed by atoms with E-state index in [0.717, 1.165) is 40.8 Å². The highest BCUT2D eigenvalue weighted by Gasteiger charge is 2.27. The Morgan fingerprint density at radius 3 is 2.55 bits per heavy atom. The van der Waals surface area contributed by atoms with Gasteiger partial charge in [0.2, 0.25) is 5.71 Å². The van der Waals surface area contributed by atoms with Crippen molar-refractivity contribution in [1.82, 2.24) is 9.97 Å². The Morgan fingerprint density at radius 1 is 0.871 bits per heavy atom. The number of nitrogens with zero attached hydrogens (tertiary/aromatic N) is 2. The minimum absolute atomic E-state index is 0.0180. The van der Waals surface area contributed by atoms with E-state index in [-0.39, 0.29) is 5.41 Å². The molecule has 3 aromatic carbocycles. The lowest BCUT2D eigenvalue weighted by molar-refractivity contribution is 0.536. The number of furan rings is 1. The van der Waals surface area contributed by atoms with E-state index in [1.54, 1.807) is 6.33 Å². The van der Waals surface area contributed by atoms with Crippen LogP contribution in [0.1, 0.15) is 37.7 Å². The maximum atomic E-state index is 6.24. The first-order chi connectivity index (χ1) is 15.0. The summed E-state index contributed by atoms with van der Waals surface area (Å²) in [6, 6.07) is 21.8. The van der Waals surface area contributed by atoms with Crippen molar-refractivity contribution in [1.29, 1.82) is 0 Å². The summed E-state index contributed by atoms with van der Waals surface area (Å²) in [5, 5.41) is 3.55. The van der Waals surface area contributed by atoms with Crippen LogP contribution in [-0.4, -0.2) is 9.97 Å². The minimum atomic E-state index is 0.0180. The molecule has 2 heterocycles. The van der Waals surface area contributed by atoms with Gasteiger partial charge >= 0.3 is 0 Å². The van der Waals surface area contributed by atoms with E-state index in [1.165, 1.54) is 27.5 Å². The van der Waals surface area contributed by atoms with Gasteiger partial charge in [-0.15, -0.1) is 0 Å². The average molecular weight is 405 g/mol. The second-order valence-corrected chi connectivity index (χ2v) is 9.45. The van der Waals surface area contributed by atoms with Gasteiger partial charge in [-0.2, -0.15) is 0 Å². The Labute approximate surface area is 181 Å². The fourth-order valence-corrected chi connectivity index (χ4v) is 4.96. The van der Waals surface area contributed by atoms with Crippen LogP contribution in [-0.2, 0) is 18.3 Å². The van der Waals surface area contributed by atoms with Gasteiger partial charge in [0.1, 0.15) is 12.1 Å². The summed E-state index contributed by atoms with van der Waals surface area (Å²) >= 11 is 0. The number of hydrogen-bond donors (Lipinski definition) is 0. The molecule has 3 nitrogen and oxygen atoms in total. The Hall–Kier alpha value is -3.46. The molecule has 0 bridgehead atoms. The summed E-state index contributed by atoms with van der Waals surface area (Å²) < 4.78 is 6.24. The summed E-state index contributed by atoms with van der Waals surface area (Å²) in [7, 11) is 0. The first kappa shape index (κ1) is 18.3. The van der Waals surface area contributed by atoms with Crippen LogP contribution in [0.2, 0.25) is 0 Å². The molecule has 0 atom stereocenters. The standard InChI is InChI=1S/C28H24N2O/c1-28(2,3)22-15-19(14-18-9-5-6-10-20(18)22)26-25-24-21-11-7-4-8-17(21)12-13-23(24)31-27(25)30-16-29-26/h4-11,14-16H,12-13H2,1-3H3. The van der Waals surface area contributed by atoms with Crippen LogP contribution in [0, 0.1) is 0 Å². The lowest BCUT2D eigenvalue weighted by Gasteiger charge is -2.23. The van der Waals surface area contributed by atoms with Crippen molar-refractivity contribution in [3.8, 4) is 22.4 Å². The molecule has 0 N–H and O–H groups in total. The van der Waals surface area contributed by atoms with E-state index < -0.39 is 0 Å². The Kier molecular flexibility index (Phi) is 3.85. The Morgan fingerprint density at radius 2 is 1.68 bits per heavy atom. The SMILES string of the molecule is CC(C)(C)c1cc(-c2ncnc3oc4c(c23)-c2ccccc2CC4)cc2ccccc12. The fourth-order valence-electron chi connectivity index (χ4n) is 4.96. The van der Waals surface area contributed by atoms with Crippen LogP contribution in [0.3, 0.4) is 0 Å². The fraction of sp³-hybridized carbons (Fsp3) is 0.214. The molecule has 0 unspecified atom stereocenters. The van der Waals surface area contributed by atoms with Gasteiger partial charge in [0.05, 0.1) is 11.1 Å². The highest BCUT2D eigenvalue weighted by atomic mass is 16.3. The van der Waals surface area contributed by atoms with Crippen LogP contribution in [0.5, 0.6) is 0 Å². The Balaban J connectivity index is 1.69. The number of aryl methyl sites for hydroxylation is 2. The third kappa shape index (κ3) is 2.80. The zero-order valence-corrected chi connectivity index (χ0v) is 18.1. The molecule has 0 fully saturated rings. The molecule has 0 aliphatic heterocycles. The lowest BCUT2D eigenvalue weighted by atomic mass is 9.82.